The van der Waals surface area contributed by atoms with Gasteiger partial charge in [0.05, 0.1) is 0 Å². The molecule has 1 unspecified atom stereocenters. The first-order valence-electron chi connectivity index (χ1n) is 7.11. The SMILES string of the molecule is CC(C)c1cc(C(=O)NC(C)(C(=O)O)c2ccc(F)cc2)n[nH]1. The molecule has 6 nitrogen and oxygen atoms in total. The molecule has 1 amide bonds. The first-order valence-corrected chi connectivity index (χ1v) is 7.11. The van der Waals surface area contributed by atoms with Crippen molar-refractivity contribution in [1.29, 1.82) is 0 Å². The van der Waals surface area contributed by atoms with Gasteiger partial charge < -0.3 is 10.4 Å². The average molecular weight is 319 g/mol. The molecule has 7 heteroatoms. The van der Waals surface area contributed by atoms with Gasteiger partial charge in [-0.3, -0.25) is 9.89 Å². The van der Waals surface area contributed by atoms with Crippen LogP contribution in [0.2, 0.25) is 0 Å². The van der Waals surface area contributed by atoms with Gasteiger partial charge in [-0.05, 0) is 36.6 Å². The van der Waals surface area contributed by atoms with Crippen LogP contribution in [-0.4, -0.2) is 27.2 Å². The molecule has 0 radical (unpaired) electrons. The second-order valence-corrected chi connectivity index (χ2v) is 5.75. The molecular formula is C16H18FN3O3. The van der Waals surface area contributed by atoms with Crippen LogP contribution in [0.3, 0.4) is 0 Å². The summed E-state index contributed by atoms with van der Waals surface area (Å²) in [6, 6.07) is 6.52. The molecule has 0 aliphatic carbocycles. The molecule has 0 saturated carbocycles. The molecule has 0 fully saturated rings. The van der Waals surface area contributed by atoms with Crippen molar-refractivity contribution >= 4 is 11.9 Å². The number of aromatic nitrogens is 2. The standard InChI is InChI=1S/C16H18FN3O3/c1-9(2)12-8-13(20-19-12)14(21)18-16(3,15(22)23)10-4-6-11(17)7-5-10/h4-9H,1-3H3,(H,18,21)(H,19,20)(H,22,23). The number of aliphatic carboxylic acids is 1. The van der Waals surface area contributed by atoms with E-state index in [4.69, 9.17) is 0 Å². The van der Waals surface area contributed by atoms with Crippen LogP contribution in [0, 0.1) is 5.82 Å². The second-order valence-electron chi connectivity index (χ2n) is 5.75. The lowest BCUT2D eigenvalue weighted by Gasteiger charge is -2.26. The van der Waals surface area contributed by atoms with Gasteiger partial charge in [-0.25, -0.2) is 9.18 Å². The number of H-pyrrole nitrogens is 1. The van der Waals surface area contributed by atoms with Crippen molar-refractivity contribution in [2.24, 2.45) is 0 Å². The Hall–Kier alpha value is -2.70. The number of rotatable bonds is 5. The van der Waals surface area contributed by atoms with Crippen LogP contribution in [-0.2, 0) is 10.3 Å². The third-order valence-electron chi connectivity index (χ3n) is 3.67. The highest BCUT2D eigenvalue weighted by molar-refractivity contribution is 5.96. The lowest BCUT2D eigenvalue weighted by molar-refractivity contribution is -0.144. The summed E-state index contributed by atoms with van der Waals surface area (Å²) < 4.78 is 13.0. The Morgan fingerprint density at radius 2 is 1.91 bits per heavy atom. The van der Waals surface area contributed by atoms with Crippen LogP contribution in [0.25, 0.3) is 0 Å². The van der Waals surface area contributed by atoms with E-state index in [0.717, 1.165) is 17.8 Å². The number of nitrogens with one attached hydrogen (secondary N) is 2. The highest BCUT2D eigenvalue weighted by Gasteiger charge is 2.37. The second kappa shape index (κ2) is 6.20. The van der Waals surface area contributed by atoms with Crippen molar-refractivity contribution in [2.45, 2.75) is 32.2 Å². The number of carboxylic acid groups (broad SMARTS) is 1. The zero-order valence-corrected chi connectivity index (χ0v) is 13.1. The van der Waals surface area contributed by atoms with Crippen LogP contribution in [0.15, 0.2) is 30.3 Å². The van der Waals surface area contributed by atoms with Gasteiger partial charge in [0.1, 0.15) is 11.5 Å². The number of carbonyl (C=O) groups is 2. The van der Waals surface area contributed by atoms with E-state index >= 15 is 0 Å². The van der Waals surface area contributed by atoms with Gasteiger partial charge in [0.15, 0.2) is 5.54 Å². The van der Waals surface area contributed by atoms with E-state index in [2.05, 4.69) is 15.5 Å². The molecule has 0 spiro atoms. The van der Waals surface area contributed by atoms with E-state index in [0.29, 0.717) is 0 Å². The fourth-order valence-electron chi connectivity index (χ4n) is 2.07. The zero-order valence-electron chi connectivity index (χ0n) is 13.1. The van der Waals surface area contributed by atoms with Crippen molar-refractivity contribution in [3.63, 3.8) is 0 Å². The maximum Gasteiger partial charge on any atom is 0.333 e. The number of halogens is 1. The van der Waals surface area contributed by atoms with Gasteiger partial charge in [0.2, 0.25) is 0 Å². The first-order chi connectivity index (χ1) is 10.7. The molecule has 2 rings (SSSR count). The summed E-state index contributed by atoms with van der Waals surface area (Å²) in [6.45, 7) is 5.22. The van der Waals surface area contributed by atoms with Crippen LogP contribution < -0.4 is 5.32 Å². The van der Waals surface area contributed by atoms with Crippen LogP contribution in [0.4, 0.5) is 4.39 Å². The van der Waals surface area contributed by atoms with Crippen molar-refractivity contribution in [2.75, 3.05) is 0 Å². The molecule has 0 bridgehead atoms. The molecule has 0 aliphatic rings. The predicted octanol–water partition coefficient (Wildman–Crippen LogP) is 2.40. The monoisotopic (exact) mass is 319 g/mol. The summed E-state index contributed by atoms with van der Waals surface area (Å²) in [5.41, 5.74) is -0.557. The van der Waals surface area contributed by atoms with Crippen molar-refractivity contribution in [1.82, 2.24) is 15.5 Å². The highest BCUT2D eigenvalue weighted by atomic mass is 19.1. The smallest absolute Gasteiger partial charge is 0.333 e. The molecule has 0 saturated heterocycles. The van der Waals surface area contributed by atoms with E-state index in [1.165, 1.54) is 19.1 Å². The summed E-state index contributed by atoms with van der Waals surface area (Å²) in [7, 11) is 0. The lowest BCUT2D eigenvalue weighted by Crippen LogP contribution is -2.49. The Morgan fingerprint density at radius 1 is 1.30 bits per heavy atom. The molecule has 0 aliphatic heterocycles. The number of benzene rings is 1. The van der Waals surface area contributed by atoms with Crippen LogP contribution in [0.5, 0.6) is 0 Å². The topological polar surface area (TPSA) is 95.1 Å². The lowest BCUT2D eigenvalue weighted by atomic mass is 9.92. The number of hydrogen-bond acceptors (Lipinski definition) is 3. The predicted molar refractivity (Wildman–Crippen MR) is 81.5 cm³/mol. The third kappa shape index (κ3) is 3.39. The Labute approximate surface area is 132 Å². The molecule has 1 aromatic heterocycles. The Balaban J connectivity index is 2.29. The van der Waals surface area contributed by atoms with Crippen molar-refractivity contribution < 1.29 is 19.1 Å². The fourth-order valence-corrected chi connectivity index (χ4v) is 2.07. The Kier molecular flexibility index (Phi) is 4.49. The van der Waals surface area contributed by atoms with Crippen molar-refractivity contribution in [3.8, 4) is 0 Å². The quantitative estimate of drug-likeness (QED) is 0.788. The minimum Gasteiger partial charge on any atom is -0.479 e. The summed E-state index contributed by atoms with van der Waals surface area (Å²) in [5, 5.41) is 18.6. The number of carbonyl (C=O) groups excluding carboxylic acids is 1. The number of hydrogen-bond donors (Lipinski definition) is 3. The summed E-state index contributed by atoms with van der Waals surface area (Å²) >= 11 is 0. The van der Waals surface area contributed by atoms with Gasteiger partial charge in [0.25, 0.3) is 5.91 Å². The first kappa shape index (κ1) is 16.7. The average Bonchev–Trinajstić information content (AvgIpc) is 2.97. The van der Waals surface area contributed by atoms with Gasteiger partial charge in [-0.15, -0.1) is 0 Å². The molecular weight excluding hydrogens is 301 g/mol. The number of aromatic amines is 1. The van der Waals surface area contributed by atoms with E-state index in [9.17, 15) is 19.1 Å². The van der Waals surface area contributed by atoms with Crippen LogP contribution >= 0.6 is 0 Å². The Bertz CT molecular complexity index is 724. The fraction of sp³-hybridized carbons (Fsp3) is 0.312. The highest BCUT2D eigenvalue weighted by Crippen LogP contribution is 2.22. The number of nitrogens with zero attached hydrogens (tertiary/aromatic N) is 1. The molecule has 1 atom stereocenters. The van der Waals surface area contributed by atoms with Gasteiger partial charge >= 0.3 is 5.97 Å². The summed E-state index contributed by atoms with van der Waals surface area (Å²) in [6.07, 6.45) is 0. The molecule has 1 heterocycles. The molecule has 23 heavy (non-hydrogen) atoms. The van der Waals surface area contributed by atoms with E-state index < -0.39 is 23.2 Å². The summed E-state index contributed by atoms with van der Waals surface area (Å²) in [4.78, 5) is 24.0. The third-order valence-corrected chi connectivity index (χ3v) is 3.67. The van der Waals surface area contributed by atoms with E-state index in [1.807, 2.05) is 13.8 Å². The largest absolute Gasteiger partial charge is 0.479 e. The van der Waals surface area contributed by atoms with E-state index in [1.54, 1.807) is 6.07 Å². The zero-order chi connectivity index (χ0) is 17.2. The molecule has 3 N–H and O–H groups in total. The molecule has 122 valence electrons. The molecule has 1 aromatic carbocycles. The van der Waals surface area contributed by atoms with Crippen molar-refractivity contribution in [3.05, 3.63) is 53.1 Å². The molecule has 2 aromatic rings. The normalized spacial score (nSPS) is 13.6. The minimum absolute atomic E-state index is 0.100. The number of amides is 1. The summed E-state index contributed by atoms with van der Waals surface area (Å²) in [5.74, 6) is -2.20. The van der Waals surface area contributed by atoms with Gasteiger partial charge in [-0.2, -0.15) is 5.10 Å². The van der Waals surface area contributed by atoms with E-state index in [-0.39, 0.29) is 17.2 Å². The number of carboxylic acids is 1. The van der Waals surface area contributed by atoms with Crippen LogP contribution in [0.1, 0.15) is 48.4 Å². The minimum atomic E-state index is -1.69. The Morgan fingerprint density at radius 3 is 2.39 bits per heavy atom. The maximum absolute atomic E-state index is 13.0. The van der Waals surface area contributed by atoms with Gasteiger partial charge in [-0.1, -0.05) is 26.0 Å². The maximum atomic E-state index is 13.0. The van der Waals surface area contributed by atoms with Gasteiger partial charge in [0, 0.05) is 5.69 Å².